The quantitative estimate of drug-likeness (QED) is 0.662. The maximum Gasteiger partial charge on any atom is 0.137 e. The van der Waals surface area contributed by atoms with Gasteiger partial charge in [0.2, 0.25) is 0 Å². The largest absolute Gasteiger partial charge is 0.492 e. The minimum absolute atomic E-state index is 0.616. The van der Waals surface area contributed by atoms with Crippen LogP contribution in [0.15, 0.2) is 24.3 Å². The normalized spacial score (nSPS) is 10.3. The standard InChI is InChI=1S/C15H21NOS/c1-13(2)8-11-18-10-5-9-17-15-7-4-3-6-14(15)12-16/h3-4,6-7,13H,5,8-11H2,1-2H3. The zero-order valence-electron chi connectivity index (χ0n) is 11.2. The van der Waals surface area contributed by atoms with E-state index in [1.54, 1.807) is 6.07 Å². The summed E-state index contributed by atoms with van der Waals surface area (Å²) in [5, 5.41) is 8.91. The number of hydrogen-bond donors (Lipinski definition) is 0. The summed E-state index contributed by atoms with van der Waals surface area (Å²) < 4.78 is 5.62. The summed E-state index contributed by atoms with van der Waals surface area (Å²) in [4.78, 5) is 0. The van der Waals surface area contributed by atoms with Crippen LogP contribution >= 0.6 is 11.8 Å². The van der Waals surface area contributed by atoms with Crippen LogP contribution in [0.3, 0.4) is 0 Å². The Kier molecular flexibility index (Phi) is 7.36. The number of nitriles is 1. The molecule has 2 nitrogen and oxygen atoms in total. The molecule has 0 atom stereocenters. The molecule has 0 unspecified atom stereocenters. The summed E-state index contributed by atoms with van der Waals surface area (Å²) in [7, 11) is 0. The van der Waals surface area contributed by atoms with Crippen molar-refractivity contribution in [3.8, 4) is 11.8 Å². The minimum Gasteiger partial charge on any atom is -0.492 e. The Bertz CT molecular complexity index is 384. The van der Waals surface area contributed by atoms with E-state index in [1.807, 2.05) is 30.0 Å². The van der Waals surface area contributed by atoms with Gasteiger partial charge in [-0.05, 0) is 42.4 Å². The molecular weight excluding hydrogens is 242 g/mol. The molecule has 18 heavy (non-hydrogen) atoms. The number of rotatable bonds is 8. The smallest absolute Gasteiger partial charge is 0.137 e. The van der Waals surface area contributed by atoms with Crippen molar-refractivity contribution in [3.63, 3.8) is 0 Å². The number of para-hydroxylation sites is 1. The van der Waals surface area contributed by atoms with Gasteiger partial charge in [-0.25, -0.2) is 0 Å². The molecule has 0 aliphatic heterocycles. The van der Waals surface area contributed by atoms with Crippen molar-refractivity contribution in [1.29, 1.82) is 5.26 Å². The van der Waals surface area contributed by atoms with Gasteiger partial charge in [0, 0.05) is 0 Å². The average molecular weight is 263 g/mol. The summed E-state index contributed by atoms with van der Waals surface area (Å²) in [6.07, 6.45) is 2.31. The molecule has 0 aromatic heterocycles. The molecule has 0 aliphatic carbocycles. The Labute approximate surface area is 114 Å². The molecule has 0 amide bonds. The lowest BCUT2D eigenvalue weighted by molar-refractivity contribution is 0.318. The van der Waals surface area contributed by atoms with Gasteiger partial charge in [0.15, 0.2) is 0 Å². The summed E-state index contributed by atoms with van der Waals surface area (Å²) in [6.45, 7) is 5.19. The number of thioether (sulfide) groups is 1. The molecule has 0 N–H and O–H groups in total. The van der Waals surface area contributed by atoms with Crippen LogP contribution in [0.5, 0.6) is 5.75 Å². The number of hydrogen-bond acceptors (Lipinski definition) is 3. The fourth-order valence-corrected chi connectivity index (χ4v) is 2.61. The Morgan fingerprint density at radius 1 is 1.28 bits per heavy atom. The highest BCUT2D eigenvalue weighted by molar-refractivity contribution is 7.99. The van der Waals surface area contributed by atoms with Crippen LogP contribution in [0.1, 0.15) is 32.3 Å². The molecule has 0 spiro atoms. The molecule has 0 aliphatic rings. The first kappa shape index (κ1) is 14.9. The molecular formula is C15H21NOS. The molecule has 0 saturated heterocycles. The van der Waals surface area contributed by atoms with Gasteiger partial charge in [0.1, 0.15) is 11.8 Å². The number of benzene rings is 1. The van der Waals surface area contributed by atoms with Crippen molar-refractivity contribution in [2.24, 2.45) is 5.92 Å². The van der Waals surface area contributed by atoms with Gasteiger partial charge in [-0.15, -0.1) is 0 Å². The van der Waals surface area contributed by atoms with Crippen molar-refractivity contribution in [1.82, 2.24) is 0 Å². The van der Waals surface area contributed by atoms with E-state index in [2.05, 4.69) is 19.9 Å². The Balaban J connectivity index is 2.13. The van der Waals surface area contributed by atoms with E-state index in [4.69, 9.17) is 10.00 Å². The van der Waals surface area contributed by atoms with E-state index in [0.29, 0.717) is 17.9 Å². The zero-order chi connectivity index (χ0) is 13.2. The summed E-state index contributed by atoms with van der Waals surface area (Å²) >= 11 is 1.98. The fourth-order valence-electron chi connectivity index (χ4n) is 1.45. The van der Waals surface area contributed by atoms with Gasteiger partial charge in [-0.1, -0.05) is 26.0 Å². The first-order valence-electron chi connectivity index (χ1n) is 6.43. The molecule has 1 aromatic rings. The summed E-state index contributed by atoms with van der Waals surface area (Å²) in [5.41, 5.74) is 0.616. The number of nitrogens with zero attached hydrogens (tertiary/aromatic N) is 1. The van der Waals surface area contributed by atoms with Crippen molar-refractivity contribution >= 4 is 11.8 Å². The van der Waals surface area contributed by atoms with Crippen LogP contribution in [-0.2, 0) is 0 Å². The second-order valence-electron chi connectivity index (χ2n) is 4.60. The third kappa shape index (κ3) is 5.97. The minimum atomic E-state index is 0.616. The predicted molar refractivity (Wildman–Crippen MR) is 78.0 cm³/mol. The first-order valence-corrected chi connectivity index (χ1v) is 7.59. The molecule has 0 bridgehead atoms. The van der Waals surface area contributed by atoms with E-state index < -0.39 is 0 Å². The second-order valence-corrected chi connectivity index (χ2v) is 5.83. The highest BCUT2D eigenvalue weighted by atomic mass is 32.2. The van der Waals surface area contributed by atoms with Crippen molar-refractivity contribution in [2.45, 2.75) is 26.7 Å². The molecule has 1 aromatic carbocycles. The third-order valence-electron chi connectivity index (χ3n) is 2.54. The van der Waals surface area contributed by atoms with Gasteiger partial charge >= 0.3 is 0 Å². The molecule has 0 radical (unpaired) electrons. The molecule has 3 heteroatoms. The highest BCUT2D eigenvalue weighted by Gasteiger charge is 2.01. The monoisotopic (exact) mass is 263 g/mol. The molecule has 1 rings (SSSR count). The van der Waals surface area contributed by atoms with Gasteiger partial charge in [0.25, 0.3) is 0 Å². The van der Waals surface area contributed by atoms with Gasteiger partial charge in [-0.3, -0.25) is 0 Å². The van der Waals surface area contributed by atoms with Crippen LogP contribution in [0.4, 0.5) is 0 Å². The van der Waals surface area contributed by atoms with Crippen LogP contribution in [-0.4, -0.2) is 18.1 Å². The van der Waals surface area contributed by atoms with Crippen LogP contribution in [0.2, 0.25) is 0 Å². The molecule has 98 valence electrons. The summed E-state index contributed by atoms with van der Waals surface area (Å²) in [6, 6.07) is 9.53. The molecule has 0 saturated carbocycles. The average Bonchev–Trinajstić information content (AvgIpc) is 2.37. The Hall–Kier alpha value is -1.14. The topological polar surface area (TPSA) is 33.0 Å². The van der Waals surface area contributed by atoms with E-state index >= 15 is 0 Å². The van der Waals surface area contributed by atoms with E-state index in [1.165, 1.54) is 12.2 Å². The van der Waals surface area contributed by atoms with Crippen molar-refractivity contribution in [3.05, 3.63) is 29.8 Å². The lowest BCUT2D eigenvalue weighted by Gasteiger charge is -2.07. The second kappa shape index (κ2) is 8.88. The van der Waals surface area contributed by atoms with E-state index in [0.717, 1.165) is 18.1 Å². The van der Waals surface area contributed by atoms with Crippen LogP contribution in [0.25, 0.3) is 0 Å². The Morgan fingerprint density at radius 2 is 2.06 bits per heavy atom. The van der Waals surface area contributed by atoms with E-state index in [-0.39, 0.29) is 0 Å². The lowest BCUT2D eigenvalue weighted by atomic mass is 10.2. The van der Waals surface area contributed by atoms with E-state index in [9.17, 15) is 0 Å². The predicted octanol–water partition coefficient (Wildman–Crippen LogP) is 4.11. The fraction of sp³-hybridized carbons (Fsp3) is 0.533. The van der Waals surface area contributed by atoms with Gasteiger partial charge in [0.05, 0.1) is 12.2 Å². The lowest BCUT2D eigenvalue weighted by Crippen LogP contribution is -2.01. The number of ether oxygens (including phenoxy) is 1. The highest BCUT2D eigenvalue weighted by Crippen LogP contribution is 2.17. The summed E-state index contributed by atoms with van der Waals surface area (Å²) in [5.74, 6) is 3.84. The van der Waals surface area contributed by atoms with Crippen molar-refractivity contribution < 1.29 is 4.74 Å². The molecule has 0 fully saturated rings. The van der Waals surface area contributed by atoms with Crippen LogP contribution in [0, 0.1) is 17.2 Å². The van der Waals surface area contributed by atoms with Gasteiger partial charge < -0.3 is 4.74 Å². The maximum absolute atomic E-state index is 8.91. The molecule has 0 heterocycles. The maximum atomic E-state index is 8.91. The Morgan fingerprint density at radius 3 is 2.78 bits per heavy atom. The van der Waals surface area contributed by atoms with Crippen LogP contribution < -0.4 is 4.74 Å². The van der Waals surface area contributed by atoms with Crippen molar-refractivity contribution in [2.75, 3.05) is 18.1 Å². The van der Waals surface area contributed by atoms with Gasteiger partial charge in [-0.2, -0.15) is 17.0 Å². The third-order valence-corrected chi connectivity index (χ3v) is 3.64. The first-order chi connectivity index (χ1) is 8.74. The zero-order valence-corrected chi connectivity index (χ0v) is 12.0. The SMILES string of the molecule is CC(C)CCSCCCOc1ccccc1C#N.